The van der Waals surface area contributed by atoms with Gasteiger partial charge in [0.2, 0.25) is 0 Å². The summed E-state index contributed by atoms with van der Waals surface area (Å²) in [6.07, 6.45) is 4.61. The largest absolute Gasteiger partial charge is 0.394 e. The van der Waals surface area contributed by atoms with Crippen LogP contribution in [0.3, 0.4) is 0 Å². The molecule has 0 radical (unpaired) electrons. The van der Waals surface area contributed by atoms with Crippen LogP contribution >= 0.6 is 0 Å². The predicted molar refractivity (Wildman–Crippen MR) is 79.6 cm³/mol. The van der Waals surface area contributed by atoms with Gasteiger partial charge in [-0.2, -0.15) is 0 Å². The van der Waals surface area contributed by atoms with Crippen LogP contribution in [0.25, 0.3) is 0 Å². The molecule has 0 aliphatic carbocycles. The van der Waals surface area contributed by atoms with E-state index in [4.69, 9.17) is 0 Å². The third-order valence-electron chi connectivity index (χ3n) is 3.81. The molecule has 0 bridgehead atoms. The van der Waals surface area contributed by atoms with Crippen molar-refractivity contribution >= 4 is 11.6 Å². The molecule has 0 saturated carbocycles. The molecule has 0 amide bonds. The number of nitrogens with zero attached hydrogens (tertiary/aromatic N) is 2. The average molecular weight is 299 g/mol. The maximum absolute atomic E-state index is 14.1. The third-order valence-corrected chi connectivity index (χ3v) is 3.81. The van der Waals surface area contributed by atoms with Crippen molar-refractivity contribution in [3.05, 3.63) is 17.7 Å². The smallest absolute Gasteiger partial charge is 0.168 e. The van der Waals surface area contributed by atoms with Gasteiger partial charge >= 0.3 is 0 Å². The lowest BCUT2D eigenvalue weighted by Gasteiger charge is -2.30. The van der Waals surface area contributed by atoms with Gasteiger partial charge in [-0.05, 0) is 19.3 Å². The molecule has 21 heavy (non-hydrogen) atoms. The van der Waals surface area contributed by atoms with Gasteiger partial charge in [-0.3, -0.25) is 0 Å². The van der Waals surface area contributed by atoms with Crippen molar-refractivity contribution in [3.63, 3.8) is 0 Å². The summed E-state index contributed by atoms with van der Waals surface area (Å²) >= 11 is 0. The number of aliphatic hydroxyl groups is 1. The lowest BCUT2D eigenvalue weighted by Crippen LogP contribution is -2.39. The predicted octanol–water partition coefficient (Wildman–Crippen LogP) is 2.92. The second-order valence-corrected chi connectivity index (χ2v) is 5.43. The quantitative estimate of drug-likeness (QED) is 0.877. The number of aromatic nitrogens is 1. The van der Waals surface area contributed by atoms with E-state index in [1.807, 2.05) is 6.92 Å². The summed E-state index contributed by atoms with van der Waals surface area (Å²) in [5, 5.41) is 12.4. The summed E-state index contributed by atoms with van der Waals surface area (Å²) in [6.45, 7) is 3.13. The maximum Gasteiger partial charge on any atom is 0.168 e. The van der Waals surface area contributed by atoms with Crippen LogP contribution < -0.4 is 10.2 Å². The van der Waals surface area contributed by atoms with Gasteiger partial charge in [-0.15, -0.1) is 0 Å². The zero-order valence-corrected chi connectivity index (χ0v) is 12.4. The average Bonchev–Trinajstić information content (AvgIpc) is 2.71. The van der Waals surface area contributed by atoms with E-state index in [2.05, 4.69) is 10.3 Å². The van der Waals surface area contributed by atoms with Gasteiger partial charge in [0.15, 0.2) is 23.3 Å². The van der Waals surface area contributed by atoms with Crippen LogP contribution in [0.2, 0.25) is 0 Å². The van der Waals surface area contributed by atoms with E-state index in [1.165, 1.54) is 0 Å². The minimum absolute atomic E-state index is 0.0454. The molecule has 118 valence electrons. The lowest BCUT2D eigenvalue weighted by atomic mass is 10.1. The summed E-state index contributed by atoms with van der Waals surface area (Å²) in [5.41, 5.74) is 0. The summed E-state index contributed by atoms with van der Waals surface area (Å²) < 4.78 is 27.9. The number of nitrogens with one attached hydrogen (secondary N) is 1. The molecule has 2 rings (SSSR count). The van der Waals surface area contributed by atoms with E-state index < -0.39 is 11.6 Å². The molecular weight excluding hydrogens is 276 g/mol. The number of hydrogen-bond donors (Lipinski definition) is 2. The number of pyridine rings is 1. The first-order valence-electron chi connectivity index (χ1n) is 7.64. The Morgan fingerprint density at radius 3 is 2.86 bits per heavy atom. The first-order chi connectivity index (χ1) is 10.2. The highest BCUT2D eigenvalue weighted by Crippen LogP contribution is 2.27. The molecule has 1 atom stereocenters. The van der Waals surface area contributed by atoms with Gasteiger partial charge in [-0.1, -0.05) is 19.8 Å². The van der Waals surface area contributed by atoms with E-state index >= 15 is 0 Å². The van der Waals surface area contributed by atoms with Crippen LogP contribution in [0, 0.1) is 11.6 Å². The molecule has 1 fully saturated rings. The fourth-order valence-electron chi connectivity index (χ4n) is 2.67. The molecule has 0 aromatic carbocycles. The second-order valence-electron chi connectivity index (χ2n) is 5.43. The zero-order chi connectivity index (χ0) is 15.2. The van der Waals surface area contributed by atoms with Gasteiger partial charge in [0.05, 0.1) is 12.6 Å². The number of anilines is 2. The minimum Gasteiger partial charge on any atom is -0.394 e. The SMILES string of the molecule is CCCNc1nc(N2CCCCCC2CO)c(F)cc1F. The fraction of sp³-hybridized carbons (Fsp3) is 0.667. The minimum atomic E-state index is -0.680. The molecule has 0 spiro atoms. The molecule has 6 heteroatoms. The van der Waals surface area contributed by atoms with E-state index in [9.17, 15) is 13.9 Å². The Bertz CT molecular complexity index is 470. The highest BCUT2D eigenvalue weighted by molar-refractivity contribution is 5.50. The Balaban J connectivity index is 2.31. The van der Waals surface area contributed by atoms with Crippen molar-refractivity contribution in [2.45, 2.75) is 45.1 Å². The normalized spacial score (nSPS) is 19.4. The number of halogens is 2. The Hall–Kier alpha value is -1.43. The summed E-state index contributed by atoms with van der Waals surface area (Å²) in [5.74, 6) is -1.14. The summed E-state index contributed by atoms with van der Waals surface area (Å²) in [6, 6.07) is 0.721. The number of aliphatic hydroxyl groups excluding tert-OH is 1. The molecule has 1 aromatic rings. The Labute approximate surface area is 124 Å². The molecule has 2 N–H and O–H groups in total. The Morgan fingerprint density at radius 2 is 2.14 bits per heavy atom. The van der Waals surface area contributed by atoms with Crippen molar-refractivity contribution in [3.8, 4) is 0 Å². The van der Waals surface area contributed by atoms with Gasteiger partial charge in [0.1, 0.15) is 0 Å². The van der Waals surface area contributed by atoms with E-state index in [1.54, 1.807) is 4.90 Å². The molecule has 1 aromatic heterocycles. The third kappa shape index (κ3) is 3.81. The molecule has 1 aliphatic rings. The van der Waals surface area contributed by atoms with Crippen molar-refractivity contribution in [2.24, 2.45) is 0 Å². The highest BCUT2D eigenvalue weighted by Gasteiger charge is 2.25. The maximum atomic E-state index is 14.1. The highest BCUT2D eigenvalue weighted by atomic mass is 19.1. The summed E-state index contributed by atoms with van der Waals surface area (Å²) in [4.78, 5) is 5.90. The van der Waals surface area contributed by atoms with E-state index in [0.29, 0.717) is 13.1 Å². The van der Waals surface area contributed by atoms with Crippen molar-refractivity contribution in [2.75, 3.05) is 29.9 Å². The van der Waals surface area contributed by atoms with Gasteiger partial charge in [-0.25, -0.2) is 13.8 Å². The van der Waals surface area contributed by atoms with Crippen molar-refractivity contribution in [1.82, 2.24) is 4.98 Å². The monoisotopic (exact) mass is 299 g/mol. The first kappa shape index (κ1) is 15.9. The Kier molecular flexibility index (Phi) is 5.73. The zero-order valence-electron chi connectivity index (χ0n) is 12.4. The number of rotatable bonds is 5. The molecule has 4 nitrogen and oxygen atoms in total. The topological polar surface area (TPSA) is 48.4 Å². The van der Waals surface area contributed by atoms with Crippen molar-refractivity contribution < 1.29 is 13.9 Å². The van der Waals surface area contributed by atoms with Crippen LogP contribution in [0.1, 0.15) is 39.0 Å². The van der Waals surface area contributed by atoms with E-state index in [-0.39, 0.29) is 24.3 Å². The Morgan fingerprint density at radius 1 is 1.33 bits per heavy atom. The van der Waals surface area contributed by atoms with Crippen LogP contribution in [-0.4, -0.2) is 35.8 Å². The van der Waals surface area contributed by atoms with Gasteiger partial charge < -0.3 is 15.3 Å². The first-order valence-corrected chi connectivity index (χ1v) is 7.64. The molecule has 1 saturated heterocycles. The van der Waals surface area contributed by atoms with Crippen LogP contribution in [0.15, 0.2) is 6.07 Å². The van der Waals surface area contributed by atoms with E-state index in [0.717, 1.165) is 38.2 Å². The van der Waals surface area contributed by atoms with Gasteiger partial charge in [0, 0.05) is 19.2 Å². The molecular formula is C15H23F2N3O. The fourth-order valence-corrected chi connectivity index (χ4v) is 2.67. The molecule has 2 heterocycles. The van der Waals surface area contributed by atoms with Gasteiger partial charge in [0.25, 0.3) is 0 Å². The molecule has 1 aliphatic heterocycles. The summed E-state index contributed by atoms with van der Waals surface area (Å²) in [7, 11) is 0. The standard InChI is InChI=1S/C15H23F2N3O/c1-2-7-18-14-12(16)9-13(17)15(19-14)20-8-5-3-4-6-11(20)10-21/h9,11,21H,2-8,10H2,1H3,(H,18,19). The lowest BCUT2D eigenvalue weighted by molar-refractivity contribution is 0.254. The second kappa shape index (κ2) is 7.54. The number of hydrogen-bond acceptors (Lipinski definition) is 4. The molecule has 1 unspecified atom stereocenters. The van der Waals surface area contributed by atoms with Crippen LogP contribution in [0.5, 0.6) is 0 Å². The van der Waals surface area contributed by atoms with Crippen LogP contribution in [0.4, 0.5) is 20.4 Å². The van der Waals surface area contributed by atoms with Crippen LogP contribution in [-0.2, 0) is 0 Å². The van der Waals surface area contributed by atoms with Crippen molar-refractivity contribution in [1.29, 1.82) is 0 Å².